The molecule has 0 radical (unpaired) electrons. The first-order chi connectivity index (χ1) is 19.5. The summed E-state index contributed by atoms with van der Waals surface area (Å²) in [5.74, 6) is -1.06. The lowest BCUT2D eigenvalue weighted by Crippen LogP contribution is -2.50. The van der Waals surface area contributed by atoms with Gasteiger partial charge >= 0.3 is 6.18 Å². The first-order valence-electron chi connectivity index (χ1n) is 14.0. The molecule has 0 unspecified atom stereocenters. The second kappa shape index (κ2) is 12.9. The summed E-state index contributed by atoms with van der Waals surface area (Å²) in [4.78, 5) is 29.9. The molecule has 0 bridgehead atoms. The summed E-state index contributed by atoms with van der Waals surface area (Å²) in [7, 11) is 0. The molecule has 2 amide bonds. The number of pyridine rings is 1. The topological polar surface area (TPSA) is 97.1 Å². The van der Waals surface area contributed by atoms with Crippen molar-refractivity contribution in [1.29, 1.82) is 0 Å². The van der Waals surface area contributed by atoms with Gasteiger partial charge in [-0.15, -0.1) is 0 Å². The minimum atomic E-state index is -4.62. The van der Waals surface area contributed by atoms with E-state index in [0.29, 0.717) is 44.3 Å². The van der Waals surface area contributed by atoms with Crippen LogP contribution in [0.4, 0.5) is 18.9 Å². The van der Waals surface area contributed by atoms with E-state index in [2.05, 4.69) is 10.6 Å². The van der Waals surface area contributed by atoms with Gasteiger partial charge in [0.15, 0.2) is 0 Å². The van der Waals surface area contributed by atoms with E-state index in [9.17, 15) is 22.8 Å². The van der Waals surface area contributed by atoms with Crippen molar-refractivity contribution in [2.24, 2.45) is 17.1 Å². The molecule has 218 valence electrons. The molecule has 1 saturated carbocycles. The molecule has 41 heavy (non-hydrogen) atoms. The Morgan fingerprint density at radius 2 is 1.61 bits per heavy atom. The third-order valence-corrected chi connectivity index (χ3v) is 7.85. The number of halogens is 3. The second-order valence-electron chi connectivity index (χ2n) is 11.3. The van der Waals surface area contributed by atoms with Gasteiger partial charge in [-0.2, -0.15) is 13.2 Å². The van der Waals surface area contributed by atoms with E-state index in [-0.39, 0.29) is 17.9 Å². The van der Waals surface area contributed by atoms with Gasteiger partial charge in [0.25, 0.3) is 0 Å². The Labute approximate surface area is 238 Å². The highest BCUT2D eigenvalue weighted by Crippen LogP contribution is 2.38. The lowest BCUT2D eigenvalue weighted by atomic mass is 9.83. The van der Waals surface area contributed by atoms with E-state index in [1.54, 1.807) is 6.20 Å². The van der Waals surface area contributed by atoms with E-state index in [1.165, 1.54) is 0 Å². The number of alkyl halides is 3. The van der Waals surface area contributed by atoms with Gasteiger partial charge in [0, 0.05) is 23.6 Å². The zero-order valence-electron chi connectivity index (χ0n) is 23.4. The van der Waals surface area contributed by atoms with Crippen molar-refractivity contribution in [1.82, 2.24) is 10.3 Å². The maximum Gasteiger partial charge on any atom is 0.402 e. The van der Waals surface area contributed by atoms with E-state index < -0.39 is 17.5 Å². The number of amides is 2. The highest BCUT2D eigenvalue weighted by atomic mass is 19.4. The summed E-state index contributed by atoms with van der Waals surface area (Å²) in [6.45, 7) is 2.36. The number of rotatable bonds is 9. The number of nitrogens with zero attached hydrogens (tertiary/aromatic N) is 1. The quantitative estimate of drug-likeness (QED) is 0.275. The zero-order valence-corrected chi connectivity index (χ0v) is 23.4. The lowest BCUT2D eigenvalue weighted by Gasteiger charge is -2.32. The van der Waals surface area contributed by atoms with Crippen LogP contribution in [0.5, 0.6) is 0 Å². The fourth-order valence-electron chi connectivity index (χ4n) is 5.08. The molecule has 0 saturated heterocycles. The summed E-state index contributed by atoms with van der Waals surface area (Å²) in [6, 6.07) is 19.6. The molecule has 6 nitrogen and oxygen atoms in total. The number of benzene rings is 2. The summed E-state index contributed by atoms with van der Waals surface area (Å²) in [5, 5.41) is 5.53. The number of hydrogen-bond donors (Lipinski definition) is 3. The summed E-state index contributed by atoms with van der Waals surface area (Å²) >= 11 is 0. The Hall–Kier alpha value is -3.72. The average molecular weight is 567 g/mol. The molecule has 4 N–H and O–H groups in total. The van der Waals surface area contributed by atoms with Crippen LogP contribution >= 0.6 is 0 Å². The van der Waals surface area contributed by atoms with Crippen molar-refractivity contribution in [2.75, 3.05) is 11.9 Å². The number of carbonyl (C=O) groups excluding carboxylic acids is 2. The molecule has 0 atom stereocenters. The molecule has 9 heteroatoms. The van der Waals surface area contributed by atoms with Gasteiger partial charge in [-0.25, -0.2) is 0 Å². The van der Waals surface area contributed by atoms with Crippen molar-refractivity contribution in [3.05, 3.63) is 72.4 Å². The Balaban J connectivity index is 1.39. The highest BCUT2D eigenvalue weighted by Gasteiger charge is 2.53. The van der Waals surface area contributed by atoms with Crippen LogP contribution in [0.1, 0.15) is 51.5 Å². The van der Waals surface area contributed by atoms with Crippen LogP contribution in [0.3, 0.4) is 0 Å². The van der Waals surface area contributed by atoms with Crippen molar-refractivity contribution >= 4 is 17.5 Å². The Bertz CT molecular complexity index is 1330. The van der Waals surface area contributed by atoms with Crippen LogP contribution in [-0.4, -0.2) is 35.6 Å². The molecule has 1 heterocycles. The molecular formula is C32H37F3N4O2. The van der Waals surface area contributed by atoms with Gasteiger partial charge in [0.2, 0.25) is 11.8 Å². The third kappa shape index (κ3) is 7.52. The first-order valence-corrected chi connectivity index (χ1v) is 14.0. The number of anilines is 1. The van der Waals surface area contributed by atoms with Crippen LogP contribution in [0.25, 0.3) is 22.4 Å². The Morgan fingerprint density at radius 1 is 0.951 bits per heavy atom. The predicted octanol–water partition coefficient (Wildman–Crippen LogP) is 6.51. The zero-order chi connectivity index (χ0) is 29.6. The number of carbonyl (C=O) groups is 2. The number of aromatic nitrogens is 1. The van der Waals surface area contributed by atoms with Gasteiger partial charge < -0.3 is 16.4 Å². The maximum absolute atomic E-state index is 13.2. The van der Waals surface area contributed by atoms with Crippen molar-refractivity contribution < 1.29 is 22.8 Å². The van der Waals surface area contributed by atoms with E-state index in [1.807, 2.05) is 60.7 Å². The normalized spacial score (nSPS) is 17.6. The largest absolute Gasteiger partial charge is 0.402 e. The number of nitrogens with two attached hydrogens (primary N) is 1. The average Bonchev–Trinajstić information content (AvgIpc) is 2.94. The van der Waals surface area contributed by atoms with Crippen LogP contribution in [-0.2, 0) is 16.0 Å². The molecule has 1 aliphatic carbocycles. The minimum absolute atomic E-state index is 0.0895. The minimum Gasteiger partial charge on any atom is -0.353 e. The number of hydrogen-bond acceptors (Lipinski definition) is 4. The summed E-state index contributed by atoms with van der Waals surface area (Å²) in [6.07, 6.45) is 0.509. The molecule has 1 aromatic heterocycles. The SMILES string of the molecule is CC(C)(C(=O)N[C@H]1CC[C@H](CC(=O)Nc2cnc(-c3ccc(CCN)cc3)c(-c3ccccc3)c2)CC1)C(F)(F)F. The lowest BCUT2D eigenvalue weighted by molar-refractivity contribution is -0.211. The fraction of sp³-hybridized carbons (Fsp3) is 0.406. The molecule has 0 spiro atoms. The van der Waals surface area contributed by atoms with Crippen molar-refractivity contribution in [3.8, 4) is 22.4 Å². The Morgan fingerprint density at radius 3 is 2.22 bits per heavy atom. The van der Waals surface area contributed by atoms with Gasteiger partial charge in [0.05, 0.1) is 17.6 Å². The second-order valence-corrected chi connectivity index (χ2v) is 11.3. The summed E-state index contributed by atoms with van der Waals surface area (Å²) < 4.78 is 39.5. The van der Waals surface area contributed by atoms with Crippen LogP contribution < -0.4 is 16.4 Å². The molecule has 0 aliphatic heterocycles. The third-order valence-electron chi connectivity index (χ3n) is 7.85. The molecule has 1 fully saturated rings. The first kappa shape index (κ1) is 30.2. The molecule has 2 aromatic carbocycles. The van der Waals surface area contributed by atoms with Gasteiger partial charge in [-0.3, -0.25) is 14.6 Å². The van der Waals surface area contributed by atoms with Crippen LogP contribution in [0, 0.1) is 11.3 Å². The van der Waals surface area contributed by atoms with Crippen molar-refractivity contribution in [3.63, 3.8) is 0 Å². The van der Waals surface area contributed by atoms with E-state index in [0.717, 1.165) is 48.2 Å². The van der Waals surface area contributed by atoms with Crippen LogP contribution in [0.15, 0.2) is 66.9 Å². The monoisotopic (exact) mass is 566 g/mol. The van der Waals surface area contributed by atoms with Gasteiger partial charge in [-0.05, 0) is 75.6 Å². The van der Waals surface area contributed by atoms with Crippen LogP contribution in [0.2, 0.25) is 0 Å². The smallest absolute Gasteiger partial charge is 0.353 e. The Kier molecular flexibility index (Phi) is 9.48. The standard InChI is InChI=1S/C32H37F3N4O2/c1-31(2,32(33,34)35)30(41)39-25-14-10-22(11-15-25)18-28(40)38-26-19-27(23-6-4-3-5-7-23)29(37-20-26)24-12-8-21(9-13-24)16-17-36/h3-9,12-13,19-20,22,25H,10-11,14-18,36H2,1-2H3,(H,38,40)(H,39,41)/t22-,25-. The van der Waals surface area contributed by atoms with Gasteiger partial charge in [-0.1, -0.05) is 54.6 Å². The van der Waals surface area contributed by atoms with Crippen molar-refractivity contribution in [2.45, 2.75) is 64.6 Å². The molecule has 4 rings (SSSR count). The summed E-state index contributed by atoms with van der Waals surface area (Å²) in [5.41, 5.74) is 8.63. The molecule has 1 aliphatic rings. The number of nitrogens with one attached hydrogen (secondary N) is 2. The van der Waals surface area contributed by atoms with Gasteiger partial charge in [0.1, 0.15) is 5.41 Å². The molecular weight excluding hydrogens is 529 g/mol. The fourth-order valence-corrected chi connectivity index (χ4v) is 5.08. The molecule has 3 aromatic rings. The predicted molar refractivity (Wildman–Crippen MR) is 155 cm³/mol. The van der Waals surface area contributed by atoms with E-state index in [4.69, 9.17) is 10.7 Å². The highest BCUT2D eigenvalue weighted by molar-refractivity contribution is 5.93. The maximum atomic E-state index is 13.2. The van der Waals surface area contributed by atoms with E-state index >= 15 is 0 Å².